The molecule has 0 aliphatic rings. The molecule has 0 unspecified atom stereocenters. The summed E-state index contributed by atoms with van der Waals surface area (Å²) in [6.07, 6.45) is -0.999. The highest BCUT2D eigenvalue weighted by atomic mass is 35.5. The van der Waals surface area contributed by atoms with E-state index in [1.807, 2.05) is 19.9 Å². The summed E-state index contributed by atoms with van der Waals surface area (Å²) in [5.41, 5.74) is 0.720. The van der Waals surface area contributed by atoms with E-state index in [0.29, 0.717) is 16.7 Å². The molecule has 0 amide bonds. The SMILES string of the molecule is Cc1cc(C)n(-c2nc3c(c(=O)[nH]c(=O)n3C)n2C[C@H](O)COc2ccccc2Cl)n1. The van der Waals surface area contributed by atoms with Crippen LogP contribution in [0.4, 0.5) is 0 Å². The fraction of sp³-hybridized carbons (Fsp3) is 0.300. The molecule has 0 radical (unpaired) electrons. The molecule has 0 saturated heterocycles. The van der Waals surface area contributed by atoms with E-state index in [1.54, 1.807) is 28.9 Å². The van der Waals surface area contributed by atoms with Crippen molar-refractivity contribution in [3.63, 3.8) is 0 Å². The Morgan fingerprint density at radius 2 is 2.00 bits per heavy atom. The topological polar surface area (TPSA) is 120 Å². The number of aliphatic hydroxyl groups excluding tert-OH is 1. The number of hydrogen-bond donors (Lipinski definition) is 2. The molecule has 162 valence electrons. The Morgan fingerprint density at radius 3 is 2.68 bits per heavy atom. The molecule has 0 aliphatic carbocycles. The normalized spacial score (nSPS) is 12.4. The van der Waals surface area contributed by atoms with Gasteiger partial charge in [0.15, 0.2) is 11.2 Å². The first kappa shape index (κ1) is 20.9. The Morgan fingerprint density at radius 1 is 1.26 bits per heavy atom. The monoisotopic (exact) mass is 444 g/mol. The number of rotatable bonds is 6. The van der Waals surface area contributed by atoms with E-state index in [4.69, 9.17) is 16.3 Å². The molecule has 2 N–H and O–H groups in total. The average Bonchev–Trinajstić information content (AvgIpc) is 3.25. The van der Waals surface area contributed by atoms with Gasteiger partial charge in [0.25, 0.3) is 5.56 Å². The summed E-state index contributed by atoms with van der Waals surface area (Å²) in [5, 5.41) is 15.5. The zero-order valence-electron chi connectivity index (χ0n) is 17.2. The first-order chi connectivity index (χ1) is 14.8. The predicted molar refractivity (Wildman–Crippen MR) is 115 cm³/mol. The van der Waals surface area contributed by atoms with Crippen LogP contribution in [0.5, 0.6) is 5.75 Å². The lowest BCUT2D eigenvalue weighted by Crippen LogP contribution is -2.31. The van der Waals surface area contributed by atoms with Crippen LogP contribution in [0.1, 0.15) is 11.4 Å². The lowest BCUT2D eigenvalue weighted by atomic mass is 10.3. The molecular formula is C20H21ClN6O4. The van der Waals surface area contributed by atoms with Crippen molar-refractivity contribution in [1.82, 2.24) is 28.9 Å². The van der Waals surface area contributed by atoms with Crippen LogP contribution in [0.2, 0.25) is 5.02 Å². The maximum atomic E-state index is 12.6. The van der Waals surface area contributed by atoms with Crippen molar-refractivity contribution in [2.45, 2.75) is 26.5 Å². The van der Waals surface area contributed by atoms with Gasteiger partial charge in [-0.3, -0.25) is 18.9 Å². The number of H-pyrrole nitrogens is 1. The van der Waals surface area contributed by atoms with Crippen molar-refractivity contribution in [3.8, 4) is 11.7 Å². The van der Waals surface area contributed by atoms with Gasteiger partial charge in [-0.05, 0) is 32.0 Å². The van der Waals surface area contributed by atoms with Gasteiger partial charge in [0.1, 0.15) is 18.5 Å². The van der Waals surface area contributed by atoms with Crippen LogP contribution in [-0.4, -0.2) is 46.7 Å². The second-order valence-corrected chi connectivity index (χ2v) is 7.65. The number of imidazole rings is 1. The third-order valence-electron chi connectivity index (χ3n) is 4.85. The molecule has 11 heteroatoms. The van der Waals surface area contributed by atoms with Crippen molar-refractivity contribution in [2.24, 2.45) is 7.05 Å². The molecule has 4 aromatic rings. The summed E-state index contributed by atoms with van der Waals surface area (Å²) in [4.78, 5) is 31.4. The third kappa shape index (κ3) is 3.87. The van der Waals surface area contributed by atoms with E-state index in [-0.39, 0.29) is 24.3 Å². The third-order valence-corrected chi connectivity index (χ3v) is 5.16. The number of halogens is 1. The van der Waals surface area contributed by atoms with Crippen LogP contribution < -0.4 is 16.0 Å². The lowest BCUT2D eigenvalue weighted by molar-refractivity contribution is 0.0932. The van der Waals surface area contributed by atoms with Crippen LogP contribution in [-0.2, 0) is 13.6 Å². The first-order valence-electron chi connectivity index (χ1n) is 9.55. The largest absolute Gasteiger partial charge is 0.489 e. The number of aliphatic hydroxyl groups is 1. The van der Waals surface area contributed by atoms with Crippen LogP contribution in [0.15, 0.2) is 39.9 Å². The zero-order valence-corrected chi connectivity index (χ0v) is 17.9. The fourth-order valence-corrected chi connectivity index (χ4v) is 3.59. The van der Waals surface area contributed by atoms with Crippen molar-refractivity contribution in [3.05, 3.63) is 67.6 Å². The van der Waals surface area contributed by atoms with E-state index in [1.165, 1.54) is 16.2 Å². The number of nitrogens with one attached hydrogen (secondary N) is 1. The van der Waals surface area contributed by atoms with E-state index in [9.17, 15) is 14.7 Å². The minimum atomic E-state index is -0.999. The number of fused-ring (bicyclic) bond motifs is 1. The van der Waals surface area contributed by atoms with E-state index >= 15 is 0 Å². The molecule has 1 atom stereocenters. The number of aromatic amines is 1. The van der Waals surface area contributed by atoms with Gasteiger partial charge in [-0.25, -0.2) is 9.48 Å². The minimum absolute atomic E-state index is 0.0179. The van der Waals surface area contributed by atoms with Gasteiger partial charge < -0.3 is 9.84 Å². The molecule has 0 spiro atoms. The molecule has 3 aromatic heterocycles. The molecule has 31 heavy (non-hydrogen) atoms. The molecule has 0 aliphatic heterocycles. The van der Waals surface area contributed by atoms with Crippen LogP contribution in [0.25, 0.3) is 17.1 Å². The van der Waals surface area contributed by atoms with Gasteiger partial charge in [-0.15, -0.1) is 0 Å². The Balaban J connectivity index is 1.76. The highest BCUT2D eigenvalue weighted by molar-refractivity contribution is 6.32. The summed E-state index contributed by atoms with van der Waals surface area (Å²) in [5.74, 6) is 0.752. The number of benzene rings is 1. The number of hydrogen-bond acceptors (Lipinski definition) is 6. The second kappa shape index (κ2) is 8.05. The molecule has 3 heterocycles. The Hall–Kier alpha value is -3.37. The molecule has 1 aromatic carbocycles. The maximum Gasteiger partial charge on any atom is 0.329 e. The van der Waals surface area contributed by atoms with Crippen LogP contribution in [0.3, 0.4) is 0 Å². The Bertz CT molecular complexity index is 1380. The lowest BCUT2D eigenvalue weighted by Gasteiger charge is -2.16. The van der Waals surface area contributed by atoms with Crippen molar-refractivity contribution >= 4 is 22.8 Å². The van der Waals surface area contributed by atoms with Crippen LogP contribution >= 0.6 is 11.6 Å². The second-order valence-electron chi connectivity index (χ2n) is 7.25. The predicted octanol–water partition coefficient (Wildman–Crippen LogP) is 1.32. The van der Waals surface area contributed by atoms with Gasteiger partial charge in [0.2, 0.25) is 5.95 Å². The molecule has 4 rings (SSSR count). The van der Waals surface area contributed by atoms with Crippen LogP contribution in [0, 0.1) is 13.8 Å². The van der Waals surface area contributed by atoms with Gasteiger partial charge in [-0.1, -0.05) is 23.7 Å². The average molecular weight is 445 g/mol. The Kier molecular flexibility index (Phi) is 5.42. The summed E-state index contributed by atoms with van der Waals surface area (Å²) in [6, 6.07) is 8.80. The number of aromatic nitrogens is 6. The molecular weight excluding hydrogens is 424 g/mol. The molecule has 0 bridgehead atoms. The van der Waals surface area contributed by atoms with Gasteiger partial charge >= 0.3 is 5.69 Å². The highest BCUT2D eigenvalue weighted by Crippen LogP contribution is 2.23. The summed E-state index contributed by atoms with van der Waals surface area (Å²) < 4.78 is 9.98. The standard InChI is InChI=1S/C20H21ClN6O4/c1-11-8-12(2)27(24-11)19-22-17-16(18(29)23-20(30)25(17)3)26(19)9-13(28)10-31-15-7-5-4-6-14(15)21/h4-8,13,28H,9-10H2,1-3H3,(H,23,29,30)/t13-/m0/s1. The molecule has 0 saturated carbocycles. The molecule has 0 fully saturated rings. The maximum absolute atomic E-state index is 12.6. The summed E-state index contributed by atoms with van der Waals surface area (Å²) in [7, 11) is 1.51. The van der Waals surface area contributed by atoms with Crippen molar-refractivity contribution in [1.29, 1.82) is 0 Å². The quantitative estimate of drug-likeness (QED) is 0.463. The van der Waals surface area contributed by atoms with E-state index in [0.717, 1.165) is 11.4 Å². The highest BCUT2D eigenvalue weighted by Gasteiger charge is 2.22. The number of ether oxygens (including phenoxy) is 1. The van der Waals surface area contributed by atoms with Gasteiger partial charge in [-0.2, -0.15) is 10.1 Å². The van der Waals surface area contributed by atoms with Crippen molar-refractivity contribution < 1.29 is 9.84 Å². The fourth-order valence-electron chi connectivity index (χ4n) is 3.40. The number of para-hydroxylation sites is 1. The smallest absolute Gasteiger partial charge is 0.329 e. The minimum Gasteiger partial charge on any atom is -0.489 e. The Labute approximate surface area is 181 Å². The van der Waals surface area contributed by atoms with E-state index in [2.05, 4.69) is 15.1 Å². The van der Waals surface area contributed by atoms with E-state index < -0.39 is 17.4 Å². The van der Waals surface area contributed by atoms with Crippen molar-refractivity contribution in [2.75, 3.05) is 6.61 Å². The molecule has 10 nitrogen and oxygen atoms in total. The number of nitrogens with zero attached hydrogens (tertiary/aromatic N) is 5. The number of aryl methyl sites for hydroxylation is 3. The zero-order chi connectivity index (χ0) is 22.3. The first-order valence-corrected chi connectivity index (χ1v) is 9.92. The summed E-state index contributed by atoms with van der Waals surface area (Å²) >= 11 is 6.10. The van der Waals surface area contributed by atoms with Gasteiger partial charge in [0.05, 0.1) is 17.3 Å². The van der Waals surface area contributed by atoms with Gasteiger partial charge in [0, 0.05) is 12.7 Å². The summed E-state index contributed by atoms with van der Waals surface area (Å²) in [6.45, 7) is 3.61.